The predicted molar refractivity (Wildman–Crippen MR) is 54.1 cm³/mol. The maximum atomic E-state index is 12.0. The zero-order valence-electron chi connectivity index (χ0n) is 8.54. The van der Waals surface area contributed by atoms with Crippen molar-refractivity contribution in [2.24, 2.45) is 0 Å². The number of alkyl halides is 2. The second-order valence-corrected chi connectivity index (χ2v) is 3.72. The Kier molecular flexibility index (Phi) is 4.35. The molecule has 0 N–H and O–H groups in total. The van der Waals surface area contributed by atoms with Gasteiger partial charge >= 0.3 is 0 Å². The molecule has 0 spiro atoms. The molecule has 0 saturated heterocycles. The highest BCUT2D eigenvalue weighted by Crippen LogP contribution is 2.08. The lowest BCUT2D eigenvalue weighted by Crippen LogP contribution is -2.25. The summed E-state index contributed by atoms with van der Waals surface area (Å²) < 4.78 is 24.1. The zero-order valence-corrected chi connectivity index (χ0v) is 9.30. The fraction of sp³-hybridized carbons (Fsp3) is 0.556. The molecule has 0 atom stereocenters. The number of nitrogens with zero attached hydrogens (tertiary/aromatic N) is 3. The van der Waals surface area contributed by atoms with Crippen molar-refractivity contribution in [1.82, 2.24) is 14.9 Å². The molecule has 1 rings (SSSR count). The summed E-state index contributed by atoms with van der Waals surface area (Å²) in [6.07, 6.45) is -2.35. The Morgan fingerprint density at radius 2 is 2.13 bits per heavy atom. The van der Waals surface area contributed by atoms with Crippen molar-refractivity contribution in [2.75, 3.05) is 13.6 Å². The van der Waals surface area contributed by atoms with Crippen LogP contribution in [0, 0.1) is 6.92 Å². The maximum Gasteiger partial charge on any atom is 0.251 e. The van der Waals surface area contributed by atoms with Gasteiger partial charge in [-0.2, -0.15) is 0 Å². The van der Waals surface area contributed by atoms with Crippen LogP contribution >= 0.6 is 11.6 Å². The Balaban J connectivity index is 2.63. The molecule has 0 aliphatic rings. The number of hydrogen-bond acceptors (Lipinski definition) is 3. The second-order valence-electron chi connectivity index (χ2n) is 3.34. The number of aryl methyl sites for hydroxylation is 1. The Bertz CT molecular complexity index is 313. The number of aromatic nitrogens is 2. The Hall–Kier alpha value is -0.810. The van der Waals surface area contributed by atoms with Crippen molar-refractivity contribution < 1.29 is 8.78 Å². The first kappa shape index (κ1) is 12.3. The minimum atomic E-state index is -2.35. The van der Waals surface area contributed by atoms with E-state index in [9.17, 15) is 8.78 Å². The van der Waals surface area contributed by atoms with Crippen molar-refractivity contribution in [3.05, 3.63) is 22.7 Å². The fourth-order valence-corrected chi connectivity index (χ4v) is 1.46. The van der Waals surface area contributed by atoms with Gasteiger partial charge < -0.3 is 0 Å². The molecule has 0 saturated carbocycles. The molecule has 0 aliphatic heterocycles. The molecule has 0 fully saturated rings. The van der Waals surface area contributed by atoms with Gasteiger partial charge in [-0.1, -0.05) is 11.6 Å². The topological polar surface area (TPSA) is 29.0 Å². The van der Waals surface area contributed by atoms with Crippen LogP contribution in [0.4, 0.5) is 8.78 Å². The van der Waals surface area contributed by atoms with Gasteiger partial charge in [0.2, 0.25) is 0 Å². The first-order valence-electron chi connectivity index (χ1n) is 4.44. The lowest BCUT2D eigenvalue weighted by atomic mass is 10.4. The van der Waals surface area contributed by atoms with E-state index in [0.29, 0.717) is 11.0 Å². The SMILES string of the molecule is Cc1cc(Cl)nc(CN(C)CC(F)F)n1. The van der Waals surface area contributed by atoms with E-state index >= 15 is 0 Å². The van der Waals surface area contributed by atoms with Crippen LogP contribution in [0.1, 0.15) is 11.5 Å². The number of rotatable bonds is 4. The van der Waals surface area contributed by atoms with Gasteiger partial charge in [0.05, 0.1) is 13.1 Å². The molecule has 3 nitrogen and oxygen atoms in total. The van der Waals surface area contributed by atoms with Gasteiger partial charge in [-0.05, 0) is 20.0 Å². The third-order valence-electron chi connectivity index (χ3n) is 1.73. The predicted octanol–water partition coefficient (Wildman–Crippen LogP) is 2.14. The van der Waals surface area contributed by atoms with E-state index in [4.69, 9.17) is 11.6 Å². The minimum absolute atomic E-state index is 0.270. The molecular formula is C9H12ClF2N3. The molecule has 84 valence electrons. The fourth-order valence-electron chi connectivity index (χ4n) is 1.20. The largest absolute Gasteiger partial charge is 0.293 e. The van der Waals surface area contributed by atoms with Gasteiger partial charge in [-0.25, -0.2) is 18.7 Å². The van der Waals surface area contributed by atoms with E-state index in [1.165, 1.54) is 4.90 Å². The summed E-state index contributed by atoms with van der Waals surface area (Å²) >= 11 is 5.72. The average Bonchev–Trinajstić information content (AvgIpc) is 1.98. The van der Waals surface area contributed by atoms with Gasteiger partial charge in [0.25, 0.3) is 6.43 Å². The Morgan fingerprint density at radius 3 is 2.67 bits per heavy atom. The highest BCUT2D eigenvalue weighted by Gasteiger charge is 2.10. The summed E-state index contributed by atoms with van der Waals surface area (Å²) in [5.74, 6) is 0.461. The monoisotopic (exact) mass is 235 g/mol. The van der Waals surface area contributed by atoms with Crippen LogP contribution in [0.25, 0.3) is 0 Å². The zero-order chi connectivity index (χ0) is 11.4. The summed E-state index contributed by atoms with van der Waals surface area (Å²) in [6.45, 7) is 1.75. The highest BCUT2D eigenvalue weighted by atomic mass is 35.5. The summed E-state index contributed by atoms with van der Waals surface area (Å²) in [7, 11) is 1.59. The summed E-state index contributed by atoms with van der Waals surface area (Å²) in [5.41, 5.74) is 0.732. The molecule has 0 aliphatic carbocycles. The smallest absolute Gasteiger partial charge is 0.251 e. The Labute approximate surface area is 92.1 Å². The van der Waals surface area contributed by atoms with Crippen molar-refractivity contribution in [2.45, 2.75) is 19.9 Å². The summed E-state index contributed by atoms with van der Waals surface area (Å²) in [6, 6.07) is 1.62. The molecule has 1 aromatic heterocycles. The second kappa shape index (κ2) is 5.32. The van der Waals surface area contributed by atoms with Gasteiger partial charge in [-0.15, -0.1) is 0 Å². The van der Waals surface area contributed by atoms with Crippen LogP contribution in [0.3, 0.4) is 0 Å². The van der Waals surface area contributed by atoms with E-state index in [2.05, 4.69) is 9.97 Å². The molecule has 1 aromatic rings. The van der Waals surface area contributed by atoms with Crippen LogP contribution in [0.5, 0.6) is 0 Å². The molecule has 1 heterocycles. The van der Waals surface area contributed by atoms with E-state index < -0.39 is 6.43 Å². The standard InChI is InChI=1S/C9H12ClF2N3/c1-6-3-7(10)14-9(13-6)5-15(2)4-8(11)12/h3,8H,4-5H2,1-2H3. The van der Waals surface area contributed by atoms with Crippen LogP contribution < -0.4 is 0 Å². The third-order valence-corrected chi connectivity index (χ3v) is 1.92. The molecule has 0 amide bonds. The lowest BCUT2D eigenvalue weighted by Gasteiger charge is -2.14. The van der Waals surface area contributed by atoms with Crippen molar-refractivity contribution >= 4 is 11.6 Å². The molecule has 0 bridgehead atoms. The molecule has 0 aromatic carbocycles. The first-order chi connectivity index (χ1) is 6.97. The third kappa shape index (κ3) is 4.48. The molecular weight excluding hydrogens is 224 g/mol. The van der Waals surface area contributed by atoms with Gasteiger partial charge in [-0.3, -0.25) is 4.90 Å². The van der Waals surface area contributed by atoms with Crippen molar-refractivity contribution in [3.63, 3.8) is 0 Å². The van der Waals surface area contributed by atoms with E-state index in [1.807, 2.05) is 0 Å². The average molecular weight is 236 g/mol. The summed E-state index contributed by atoms with van der Waals surface area (Å²) in [5, 5.41) is 0.336. The van der Waals surface area contributed by atoms with Gasteiger partial charge in [0.15, 0.2) is 0 Å². The van der Waals surface area contributed by atoms with Gasteiger partial charge in [0.1, 0.15) is 11.0 Å². The van der Waals surface area contributed by atoms with Gasteiger partial charge in [0, 0.05) is 5.69 Å². The quantitative estimate of drug-likeness (QED) is 0.749. The minimum Gasteiger partial charge on any atom is -0.293 e. The molecule has 15 heavy (non-hydrogen) atoms. The van der Waals surface area contributed by atoms with Crippen LogP contribution in [-0.2, 0) is 6.54 Å². The van der Waals surface area contributed by atoms with E-state index in [1.54, 1.807) is 20.0 Å². The molecule has 0 radical (unpaired) electrons. The summed E-state index contributed by atoms with van der Waals surface area (Å²) in [4.78, 5) is 9.50. The van der Waals surface area contributed by atoms with Crippen molar-refractivity contribution in [3.8, 4) is 0 Å². The molecule has 0 unspecified atom stereocenters. The first-order valence-corrected chi connectivity index (χ1v) is 4.82. The molecule has 6 heteroatoms. The number of hydrogen-bond donors (Lipinski definition) is 0. The van der Waals surface area contributed by atoms with Crippen LogP contribution in [0.15, 0.2) is 6.07 Å². The Morgan fingerprint density at radius 1 is 1.47 bits per heavy atom. The van der Waals surface area contributed by atoms with E-state index in [0.717, 1.165) is 5.69 Å². The highest BCUT2D eigenvalue weighted by molar-refractivity contribution is 6.29. The van der Waals surface area contributed by atoms with Crippen LogP contribution in [-0.4, -0.2) is 34.9 Å². The van der Waals surface area contributed by atoms with Crippen LogP contribution in [0.2, 0.25) is 5.15 Å². The van der Waals surface area contributed by atoms with Crippen molar-refractivity contribution in [1.29, 1.82) is 0 Å². The maximum absolute atomic E-state index is 12.0. The normalized spacial score (nSPS) is 11.4. The number of halogens is 3. The lowest BCUT2D eigenvalue weighted by molar-refractivity contribution is 0.0965. The van der Waals surface area contributed by atoms with E-state index in [-0.39, 0.29) is 13.1 Å².